The molecule has 1 aromatic carbocycles. The molecule has 1 fully saturated rings. The highest BCUT2D eigenvalue weighted by Crippen LogP contribution is 2.29. The summed E-state index contributed by atoms with van der Waals surface area (Å²) in [6.07, 6.45) is 8.50. The molecule has 11 heteroatoms. The van der Waals surface area contributed by atoms with Crippen LogP contribution in [0, 0.1) is 11.6 Å². The summed E-state index contributed by atoms with van der Waals surface area (Å²) >= 11 is 0. The summed E-state index contributed by atoms with van der Waals surface area (Å²) in [5, 5.41) is 6.81. The van der Waals surface area contributed by atoms with Crippen LogP contribution in [0.5, 0.6) is 0 Å². The molecular weight excluding hydrogens is 540 g/mol. The number of aromatic amines is 1. The highest BCUT2D eigenvalue weighted by molar-refractivity contribution is 5.94. The second-order valence-electron chi connectivity index (χ2n) is 10.4. The second-order valence-corrected chi connectivity index (χ2v) is 10.4. The van der Waals surface area contributed by atoms with Crippen LogP contribution in [-0.4, -0.2) is 50.0 Å². The molecule has 214 valence electrons. The number of carbonyl (C=O) groups excluding carboxylic acids is 1. The van der Waals surface area contributed by atoms with Gasteiger partial charge < -0.3 is 20.4 Å². The second kappa shape index (κ2) is 12.0. The number of anilines is 1. The van der Waals surface area contributed by atoms with Crippen LogP contribution in [0.25, 0.3) is 33.5 Å². The number of fused-ring (bicyclic) bond motifs is 1. The average Bonchev–Trinajstić information content (AvgIpc) is 3.42. The molecule has 1 amide bonds. The largest absolute Gasteiger partial charge is 0.380 e. The van der Waals surface area contributed by atoms with Crippen LogP contribution in [0.4, 0.5) is 14.6 Å². The van der Waals surface area contributed by atoms with Gasteiger partial charge in [0.25, 0.3) is 5.91 Å². The Morgan fingerprint density at radius 2 is 1.90 bits per heavy atom. The lowest BCUT2D eigenvalue weighted by atomic mass is 9.90. The van der Waals surface area contributed by atoms with Crippen molar-refractivity contribution < 1.29 is 18.3 Å². The van der Waals surface area contributed by atoms with Crippen LogP contribution in [0.15, 0.2) is 67.3 Å². The summed E-state index contributed by atoms with van der Waals surface area (Å²) in [6, 6.07) is 12.7. The summed E-state index contributed by atoms with van der Waals surface area (Å²) in [5.74, 6) is -1.04. The molecule has 4 aromatic heterocycles. The number of methoxy groups -OCH3 is 1. The number of hydrogen-bond donors (Lipinski definition) is 3. The summed E-state index contributed by atoms with van der Waals surface area (Å²) in [4.78, 5) is 33.0. The van der Waals surface area contributed by atoms with E-state index in [4.69, 9.17) is 4.74 Å². The first-order valence-corrected chi connectivity index (χ1v) is 13.7. The van der Waals surface area contributed by atoms with Crippen molar-refractivity contribution in [3.8, 4) is 22.5 Å². The average molecular weight is 570 g/mol. The summed E-state index contributed by atoms with van der Waals surface area (Å²) < 4.78 is 33.8. The Balaban J connectivity index is 1.13. The molecule has 0 spiro atoms. The predicted octanol–water partition coefficient (Wildman–Crippen LogP) is 5.66. The lowest BCUT2D eigenvalue weighted by Crippen LogP contribution is -2.42. The smallest absolute Gasteiger partial charge is 0.270 e. The van der Waals surface area contributed by atoms with E-state index in [2.05, 4.69) is 35.6 Å². The summed E-state index contributed by atoms with van der Waals surface area (Å²) in [5.41, 5.74) is 4.24. The minimum Gasteiger partial charge on any atom is -0.380 e. The molecule has 0 bridgehead atoms. The molecule has 1 saturated carbocycles. The van der Waals surface area contributed by atoms with E-state index in [1.165, 1.54) is 6.07 Å². The molecule has 6 rings (SSSR count). The normalized spacial score (nSPS) is 16.8. The number of halogens is 2. The number of H-pyrrole nitrogens is 1. The van der Waals surface area contributed by atoms with E-state index in [1.807, 2.05) is 30.3 Å². The third-order valence-corrected chi connectivity index (χ3v) is 7.40. The van der Waals surface area contributed by atoms with Crippen molar-refractivity contribution in [3.05, 3.63) is 90.1 Å². The number of nitrogens with zero attached hydrogens (tertiary/aromatic N) is 4. The van der Waals surface area contributed by atoms with Gasteiger partial charge in [-0.1, -0.05) is 18.2 Å². The van der Waals surface area contributed by atoms with Crippen molar-refractivity contribution in [1.82, 2.24) is 30.2 Å². The number of benzene rings is 1. The highest BCUT2D eigenvalue weighted by atomic mass is 19.1. The van der Waals surface area contributed by atoms with Gasteiger partial charge in [-0.05, 0) is 66.6 Å². The first kappa shape index (κ1) is 27.4. The van der Waals surface area contributed by atoms with Crippen LogP contribution < -0.4 is 10.6 Å². The Morgan fingerprint density at radius 1 is 1.05 bits per heavy atom. The molecule has 3 N–H and O–H groups in total. The molecule has 2 atom stereocenters. The molecule has 0 radical (unpaired) electrons. The third-order valence-electron chi connectivity index (χ3n) is 7.40. The minimum atomic E-state index is -0.593. The maximum Gasteiger partial charge on any atom is 0.270 e. The topological polar surface area (TPSA) is 118 Å². The number of hydrogen-bond acceptors (Lipinski definition) is 7. The fraction of sp³-hybridized carbons (Fsp3) is 0.258. The zero-order valence-electron chi connectivity index (χ0n) is 22.9. The van der Waals surface area contributed by atoms with Crippen LogP contribution in [0.2, 0.25) is 0 Å². The molecule has 9 nitrogen and oxygen atoms in total. The quantitative estimate of drug-likeness (QED) is 0.221. The third kappa shape index (κ3) is 5.96. The van der Waals surface area contributed by atoms with Gasteiger partial charge in [0, 0.05) is 42.5 Å². The van der Waals surface area contributed by atoms with E-state index in [-0.39, 0.29) is 29.6 Å². The summed E-state index contributed by atoms with van der Waals surface area (Å²) in [7, 11) is 1.65. The number of rotatable bonds is 8. The van der Waals surface area contributed by atoms with Crippen molar-refractivity contribution in [1.29, 1.82) is 0 Å². The fourth-order valence-electron chi connectivity index (χ4n) is 5.41. The lowest BCUT2D eigenvalue weighted by Gasteiger charge is -2.30. The Hall–Kier alpha value is -4.77. The van der Waals surface area contributed by atoms with Crippen molar-refractivity contribution in [3.63, 3.8) is 0 Å². The van der Waals surface area contributed by atoms with Crippen molar-refractivity contribution >= 4 is 22.8 Å². The number of ether oxygens (including phenoxy) is 1. The Labute approximate surface area is 240 Å². The maximum absolute atomic E-state index is 14.8. The predicted molar refractivity (Wildman–Crippen MR) is 155 cm³/mol. The zero-order valence-corrected chi connectivity index (χ0v) is 22.9. The van der Waals surface area contributed by atoms with Gasteiger partial charge in [0.05, 0.1) is 19.0 Å². The fourth-order valence-corrected chi connectivity index (χ4v) is 5.41. The van der Waals surface area contributed by atoms with Gasteiger partial charge in [-0.15, -0.1) is 0 Å². The van der Waals surface area contributed by atoms with Crippen LogP contribution in [-0.2, 0) is 11.3 Å². The number of amides is 1. The van der Waals surface area contributed by atoms with E-state index >= 15 is 0 Å². The van der Waals surface area contributed by atoms with Crippen molar-refractivity contribution in [2.45, 2.75) is 44.4 Å². The van der Waals surface area contributed by atoms with Gasteiger partial charge in [0.1, 0.15) is 17.2 Å². The van der Waals surface area contributed by atoms with Gasteiger partial charge in [-0.25, -0.2) is 23.7 Å². The number of carbonyl (C=O) groups is 1. The Morgan fingerprint density at radius 3 is 2.79 bits per heavy atom. The molecule has 0 unspecified atom stereocenters. The molecule has 42 heavy (non-hydrogen) atoms. The minimum absolute atomic E-state index is 0.0563. The zero-order chi connectivity index (χ0) is 29.1. The van der Waals surface area contributed by atoms with Gasteiger partial charge in [0.15, 0.2) is 17.5 Å². The van der Waals surface area contributed by atoms with Crippen LogP contribution in [0.1, 0.15) is 41.7 Å². The number of nitrogens with one attached hydrogen (secondary N) is 3. The van der Waals surface area contributed by atoms with E-state index in [9.17, 15) is 13.6 Å². The molecule has 1 aliphatic rings. The highest BCUT2D eigenvalue weighted by Gasteiger charge is 2.26. The lowest BCUT2D eigenvalue weighted by molar-refractivity contribution is 0.0921. The van der Waals surface area contributed by atoms with E-state index in [0.717, 1.165) is 48.3 Å². The first-order valence-electron chi connectivity index (χ1n) is 13.7. The van der Waals surface area contributed by atoms with Crippen molar-refractivity contribution in [2.24, 2.45) is 0 Å². The molecule has 0 aliphatic heterocycles. The molecule has 4 heterocycles. The van der Waals surface area contributed by atoms with E-state index in [0.29, 0.717) is 35.3 Å². The Kier molecular flexibility index (Phi) is 7.83. The summed E-state index contributed by atoms with van der Waals surface area (Å²) in [6.45, 7) is 0.504. The van der Waals surface area contributed by atoms with E-state index < -0.39 is 11.6 Å². The molecule has 5 aromatic rings. The molecular formula is C31H29F2N7O2. The van der Waals surface area contributed by atoms with Gasteiger partial charge in [-0.3, -0.25) is 9.78 Å². The van der Waals surface area contributed by atoms with Crippen LogP contribution in [0.3, 0.4) is 0 Å². The van der Waals surface area contributed by atoms with Gasteiger partial charge >= 0.3 is 0 Å². The van der Waals surface area contributed by atoms with Gasteiger partial charge in [0.2, 0.25) is 0 Å². The van der Waals surface area contributed by atoms with Crippen LogP contribution >= 0.6 is 0 Å². The standard InChI is InChI=1S/C31H29F2N7O2/c1-42-17-18-4-2-5-19(10-18)20-8-9-34-27(11-20)31(41)39-23-7-3-6-22(13-23)38-30-26(33)16-37-29(40-30)25-15-36-28-24(25)12-21(32)14-35-28/h2,4-5,8-12,14-16,22-23H,3,6-7,13,17H2,1H3,(H,35,36)(H,39,41)(H,37,38,40)/t22-,23+/m0/s1. The molecule has 1 aliphatic carbocycles. The monoisotopic (exact) mass is 569 g/mol. The SMILES string of the molecule is COCc1cccc(-c2ccnc(C(=O)N[C@@H]3CCC[C@H](Nc4nc(-c5c[nH]c6ncc(F)cc56)ncc4F)C3)c2)c1. The maximum atomic E-state index is 14.8. The number of pyridine rings is 2. The molecule has 0 saturated heterocycles. The Bertz CT molecular complexity index is 1740. The number of aromatic nitrogens is 5. The van der Waals surface area contributed by atoms with E-state index in [1.54, 1.807) is 25.6 Å². The van der Waals surface area contributed by atoms with Crippen molar-refractivity contribution in [2.75, 3.05) is 12.4 Å². The van der Waals surface area contributed by atoms with Gasteiger partial charge in [-0.2, -0.15) is 0 Å². The first-order chi connectivity index (χ1) is 20.5.